The lowest BCUT2D eigenvalue weighted by Gasteiger charge is -2.10. The van der Waals surface area contributed by atoms with E-state index in [4.69, 9.17) is 4.74 Å². The number of rotatable bonds is 4. The van der Waals surface area contributed by atoms with Crippen molar-refractivity contribution in [3.63, 3.8) is 0 Å². The standard InChI is InChI=1S/C12H16N2O2/c1-9(15)7-14-11-6-4-3-5-10(11)13-12(14)8-16-2/h3-6,9,15H,7-8H2,1-2H3/t9-/m0/s1. The number of ether oxygens (including phenoxy) is 1. The number of aliphatic hydroxyl groups excluding tert-OH is 1. The van der Waals surface area contributed by atoms with E-state index in [-0.39, 0.29) is 0 Å². The van der Waals surface area contributed by atoms with Gasteiger partial charge in [0, 0.05) is 7.11 Å². The van der Waals surface area contributed by atoms with Gasteiger partial charge in [-0.15, -0.1) is 0 Å². The second-order valence-electron chi connectivity index (χ2n) is 3.91. The highest BCUT2D eigenvalue weighted by atomic mass is 16.5. The summed E-state index contributed by atoms with van der Waals surface area (Å²) in [5.41, 5.74) is 1.98. The van der Waals surface area contributed by atoms with Crippen molar-refractivity contribution >= 4 is 11.0 Å². The van der Waals surface area contributed by atoms with Crippen LogP contribution in [0.5, 0.6) is 0 Å². The van der Waals surface area contributed by atoms with E-state index >= 15 is 0 Å². The molecule has 86 valence electrons. The van der Waals surface area contributed by atoms with Gasteiger partial charge in [-0.2, -0.15) is 0 Å². The Balaban J connectivity index is 2.50. The van der Waals surface area contributed by atoms with E-state index in [1.807, 2.05) is 28.8 Å². The van der Waals surface area contributed by atoms with Crippen molar-refractivity contribution < 1.29 is 9.84 Å². The number of aromatic nitrogens is 2. The molecule has 0 aliphatic heterocycles. The van der Waals surface area contributed by atoms with Gasteiger partial charge < -0.3 is 14.4 Å². The Labute approximate surface area is 94.5 Å². The van der Waals surface area contributed by atoms with Gasteiger partial charge >= 0.3 is 0 Å². The molecule has 0 amide bonds. The van der Waals surface area contributed by atoms with Gasteiger partial charge in [0.1, 0.15) is 12.4 Å². The van der Waals surface area contributed by atoms with Crippen LogP contribution in [0.3, 0.4) is 0 Å². The Morgan fingerprint density at radius 2 is 2.19 bits per heavy atom. The zero-order chi connectivity index (χ0) is 11.5. The molecule has 2 aromatic rings. The molecule has 1 atom stereocenters. The van der Waals surface area contributed by atoms with E-state index in [0.29, 0.717) is 13.2 Å². The zero-order valence-corrected chi connectivity index (χ0v) is 9.55. The minimum atomic E-state index is -0.395. The minimum Gasteiger partial charge on any atom is -0.392 e. The molecule has 0 unspecified atom stereocenters. The minimum absolute atomic E-state index is 0.395. The van der Waals surface area contributed by atoms with Crippen LogP contribution >= 0.6 is 0 Å². The first-order valence-corrected chi connectivity index (χ1v) is 5.33. The fourth-order valence-corrected chi connectivity index (χ4v) is 1.83. The molecule has 0 aliphatic carbocycles. The number of fused-ring (bicyclic) bond motifs is 1. The van der Waals surface area contributed by atoms with Crippen molar-refractivity contribution in [2.75, 3.05) is 7.11 Å². The van der Waals surface area contributed by atoms with Crippen molar-refractivity contribution in [2.24, 2.45) is 0 Å². The summed E-state index contributed by atoms with van der Waals surface area (Å²) in [6, 6.07) is 7.90. The van der Waals surface area contributed by atoms with Crippen molar-refractivity contribution in [1.82, 2.24) is 9.55 Å². The van der Waals surface area contributed by atoms with E-state index < -0.39 is 6.10 Å². The Morgan fingerprint density at radius 1 is 1.44 bits per heavy atom. The van der Waals surface area contributed by atoms with Gasteiger partial charge in [-0.05, 0) is 19.1 Å². The molecule has 16 heavy (non-hydrogen) atoms. The Hall–Kier alpha value is -1.39. The van der Waals surface area contributed by atoms with Gasteiger partial charge in [0.05, 0.1) is 23.7 Å². The van der Waals surface area contributed by atoms with E-state index in [1.165, 1.54) is 0 Å². The molecular weight excluding hydrogens is 204 g/mol. The van der Waals surface area contributed by atoms with E-state index in [9.17, 15) is 5.11 Å². The molecule has 4 nitrogen and oxygen atoms in total. The number of hydrogen-bond acceptors (Lipinski definition) is 3. The molecule has 0 saturated carbocycles. The van der Waals surface area contributed by atoms with Crippen LogP contribution in [0.4, 0.5) is 0 Å². The van der Waals surface area contributed by atoms with Crippen LogP contribution in [0.2, 0.25) is 0 Å². The molecule has 0 radical (unpaired) electrons. The van der Waals surface area contributed by atoms with Crippen LogP contribution in [0.25, 0.3) is 11.0 Å². The first-order chi connectivity index (χ1) is 7.72. The van der Waals surface area contributed by atoms with Gasteiger partial charge in [0.25, 0.3) is 0 Å². The highest BCUT2D eigenvalue weighted by Gasteiger charge is 2.11. The number of imidazole rings is 1. The third-order valence-electron chi connectivity index (χ3n) is 2.45. The molecule has 0 spiro atoms. The highest BCUT2D eigenvalue weighted by Crippen LogP contribution is 2.17. The Morgan fingerprint density at radius 3 is 2.88 bits per heavy atom. The smallest absolute Gasteiger partial charge is 0.136 e. The van der Waals surface area contributed by atoms with Crippen LogP contribution in [0, 0.1) is 0 Å². The molecular formula is C12H16N2O2. The number of aliphatic hydroxyl groups is 1. The molecule has 0 saturated heterocycles. The summed E-state index contributed by atoms with van der Waals surface area (Å²) in [7, 11) is 1.64. The number of hydrogen-bond donors (Lipinski definition) is 1. The summed E-state index contributed by atoms with van der Waals surface area (Å²) in [6.07, 6.45) is -0.395. The van der Waals surface area contributed by atoms with E-state index in [0.717, 1.165) is 16.9 Å². The fourth-order valence-electron chi connectivity index (χ4n) is 1.83. The summed E-state index contributed by atoms with van der Waals surface area (Å²) >= 11 is 0. The average molecular weight is 220 g/mol. The quantitative estimate of drug-likeness (QED) is 0.850. The van der Waals surface area contributed by atoms with Crippen LogP contribution in [0.1, 0.15) is 12.7 Å². The maximum atomic E-state index is 9.49. The zero-order valence-electron chi connectivity index (χ0n) is 9.55. The number of para-hydroxylation sites is 2. The molecule has 0 fully saturated rings. The van der Waals surface area contributed by atoms with Crippen LogP contribution in [-0.2, 0) is 17.9 Å². The molecule has 0 aliphatic rings. The highest BCUT2D eigenvalue weighted by molar-refractivity contribution is 5.75. The molecule has 2 rings (SSSR count). The fraction of sp³-hybridized carbons (Fsp3) is 0.417. The lowest BCUT2D eigenvalue weighted by atomic mass is 10.3. The predicted molar refractivity (Wildman–Crippen MR) is 62.1 cm³/mol. The number of methoxy groups -OCH3 is 1. The summed E-state index contributed by atoms with van der Waals surface area (Å²) < 4.78 is 7.12. The maximum Gasteiger partial charge on any atom is 0.136 e. The van der Waals surface area contributed by atoms with Crippen molar-refractivity contribution in [3.05, 3.63) is 30.1 Å². The molecule has 1 N–H and O–H groups in total. The molecule has 4 heteroatoms. The Kier molecular flexibility index (Phi) is 3.22. The lowest BCUT2D eigenvalue weighted by Crippen LogP contribution is -2.14. The average Bonchev–Trinajstić information content (AvgIpc) is 2.57. The van der Waals surface area contributed by atoms with Gasteiger partial charge in [0.15, 0.2) is 0 Å². The molecule has 1 aromatic carbocycles. The lowest BCUT2D eigenvalue weighted by molar-refractivity contribution is 0.155. The number of nitrogens with zero attached hydrogens (tertiary/aromatic N) is 2. The van der Waals surface area contributed by atoms with Gasteiger partial charge in [-0.1, -0.05) is 12.1 Å². The largest absolute Gasteiger partial charge is 0.392 e. The van der Waals surface area contributed by atoms with E-state index in [2.05, 4.69) is 4.98 Å². The number of benzene rings is 1. The summed E-state index contributed by atoms with van der Waals surface area (Å²) in [4.78, 5) is 4.48. The third-order valence-corrected chi connectivity index (χ3v) is 2.45. The third kappa shape index (κ3) is 2.08. The van der Waals surface area contributed by atoms with Crippen molar-refractivity contribution in [3.8, 4) is 0 Å². The molecule has 1 aromatic heterocycles. The van der Waals surface area contributed by atoms with Gasteiger partial charge in [-0.25, -0.2) is 4.98 Å². The molecule has 1 heterocycles. The first kappa shape index (κ1) is 11.1. The SMILES string of the molecule is COCc1nc2ccccc2n1C[C@H](C)O. The molecule has 0 bridgehead atoms. The predicted octanol–water partition coefficient (Wildman–Crippen LogP) is 1.56. The summed E-state index contributed by atoms with van der Waals surface area (Å²) in [5.74, 6) is 0.851. The summed E-state index contributed by atoms with van der Waals surface area (Å²) in [5, 5.41) is 9.49. The first-order valence-electron chi connectivity index (χ1n) is 5.33. The monoisotopic (exact) mass is 220 g/mol. The van der Waals surface area contributed by atoms with Crippen LogP contribution in [-0.4, -0.2) is 27.9 Å². The van der Waals surface area contributed by atoms with Gasteiger partial charge in [-0.3, -0.25) is 0 Å². The van der Waals surface area contributed by atoms with Gasteiger partial charge in [0.2, 0.25) is 0 Å². The normalized spacial score (nSPS) is 13.2. The summed E-state index contributed by atoms with van der Waals surface area (Å²) in [6.45, 7) is 2.77. The van der Waals surface area contributed by atoms with E-state index in [1.54, 1.807) is 14.0 Å². The topological polar surface area (TPSA) is 47.3 Å². The second-order valence-corrected chi connectivity index (χ2v) is 3.91. The second kappa shape index (κ2) is 4.63. The maximum absolute atomic E-state index is 9.49. The van der Waals surface area contributed by atoms with Crippen LogP contribution < -0.4 is 0 Å². The Bertz CT molecular complexity index is 477. The van der Waals surface area contributed by atoms with Crippen molar-refractivity contribution in [1.29, 1.82) is 0 Å². The van der Waals surface area contributed by atoms with Crippen molar-refractivity contribution in [2.45, 2.75) is 26.2 Å². The van der Waals surface area contributed by atoms with Crippen LogP contribution in [0.15, 0.2) is 24.3 Å².